The number of carbonyl (C=O) groups excluding carboxylic acids is 1. The van der Waals surface area contributed by atoms with Gasteiger partial charge in [0.05, 0.1) is 11.6 Å². The van der Waals surface area contributed by atoms with Gasteiger partial charge in [0, 0.05) is 32.9 Å². The average molecular weight is 383 g/mol. The lowest BCUT2D eigenvalue weighted by Gasteiger charge is -2.37. The standard InChI is InChI=1S/C20H30N2O3.ClH/c1-16-4-6-17(7-5-16)8-11-22(15-18-3-2-12-25-18)19(23)20(21)9-13-24-14-10-20;/h4-7,18H,2-3,8-15,21H2,1H3;1H. The van der Waals surface area contributed by atoms with Crippen molar-refractivity contribution >= 4 is 18.3 Å². The van der Waals surface area contributed by atoms with E-state index in [1.165, 1.54) is 11.1 Å². The monoisotopic (exact) mass is 382 g/mol. The molecule has 0 saturated carbocycles. The van der Waals surface area contributed by atoms with Crippen LogP contribution in [0.25, 0.3) is 0 Å². The normalized spacial score (nSPS) is 21.8. The van der Waals surface area contributed by atoms with Crippen molar-refractivity contribution in [2.45, 2.75) is 50.7 Å². The number of nitrogens with two attached hydrogens (primary N) is 1. The van der Waals surface area contributed by atoms with Crippen LogP contribution in [0.5, 0.6) is 0 Å². The van der Waals surface area contributed by atoms with Crippen LogP contribution < -0.4 is 5.73 Å². The third kappa shape index (κ3) is 5.43. The molecule has 146 valence electrons. The van der Waals surface area contributed by atoms with E-state index in [1.54, 1.807) is 0 Å². The highest BCUT2D eigenvalue weighted by Crippen LogP contribution is 2.22. The summed E-state index contributed by atoms with van der Waals surface area (Å²) in [6.45, 7) is 5.33. The summed E-state index contributed by atoms with van der Waals surface area (Å²) in [5, 5.41) is 0. The van der Waals surface area contributed by atoms with Gasteiger partial charge >= 0.3 is 0 Å². The van der Waals surface area contributed by atoms with Crippen LogP contribution in [0, 0.1) is 6.92 Å². The summed E-state index contributed by atoms with van der Waals surface area (Å²) in [6.07, 6.45) is 4.27. The minimum absolute atomic E-state index is 0. The lowest BCUT2D eigenvalue weighted by molar-refractivity contribution is -0.142. The van der Waals surface area contributed by atoms with Crippen LogP contribution in [0.15, 0.2) is 24.3 Å². The number of hydrogen-bond donors (Lipinski definition) is 1. The van der Waals surface area contributed by atoms with Crippen molar-refractivity contribution in [1.29, 1.82) is 0 Å². The second-order valence-electron chi connectivity index (χ2n) is 7.39. The van der Waals surface area contributed by atoms with E-state index in [2.05, 4.69) is 31.2 Å². The first kappa shape index (κ1) is 21.2. The molecule has 2 heterocycles. The van der Waals surface area contributed by atoms with Crippen LogP contribution in [-0.4, -0.2) is 55.4 Å². The molecule has 0 bridgehead atoms. The van der Waals surface area contributed by atoms with Crippen LogP contribution in [0.4, 0.5) is 0 Å². The maximum absolute atomic E-state index is 13.2. The van der Waals surface area contributed by atoms with Crippen molar-refractivity contribution in [3.05, 3.63) is 35.4 Å². The number of hydrogen-bond acceptors (Lipinski definition) is 4. The molecule has 0 aromatic heterocycles. The lowest BCUT2D eigenvalue weighted by Crippen LogP contribution is -2.59. The number of amides is 1. The van der Waals surface area contributed by atoms with Gasteiger partial charge in [0.25, 0.3) is 0 Å². The molecule has 0 spiro atoms. The third-order valence-corrected chi connectivity index (χ3v) is 5.34. The summed E-state index contributed by atoms with van der Waals surface area (Å²) >= 11 is 0. The van der Waals surface area contributed by atoms with Gasteiger partial charge in [-0.1, -0.05) is 29.8 Å². The highest BCUT2D eigenvalue weighted by Gasteiger charge is 2.39. The summed E-state index contributed by atoms with van der Waals surface area (Å²) in [5.74, 6) is 0.0541. The molecular weight excluding hydrogens is 352 g/mol. The van der Waals surface area contributed by atoms with E-state index in [9.17, 15) is 4.79 Å². The quantitative estimate of drug-likeness (QED) is 0.820. The van der Waals surface area contributed by atoms with Gasteiger partial charge in [0.15, 0.2) is 0 Å². The highest BCUT2D eigenvalue weighted by atomic mass is 35.5. The molecule has 1 amide bonds. The molecule has 6 heteroatoms. The molecule has 2 saturated heterocycles. The molecular formula is C20H31ClN2O3. The minimum atomic E-state index is -0.788. The first-order valence-electron chi connectivity index (χ1n) is 9.40. The maximum Gasteiger partial charge on any atom is 0.242 e. The Morgan fingerprint density at radius 2 is 1.92 bits per heavy atom. The van der Waals surface area contributed by atoms with Crippen molar-refractivity contribution in [2.24, 2.45) is 5.73 Å². The van der Waals surface area contributed by atoms with Crippen molar-refractivity contribution in [1.82, 2.24) is 4.90 Å². The third-order valence-electron chi connectivity index (χ3n) is 5.34. The topological polar surface area (TPSA) is 64.8 Å². The molecule has 0 radical (unpaired) electrons. The fraction of sp³-hybridized carbons (Fsp3) is 0.650. The molecule has 3 rings (SSSR count). The zero-order valence-electron chi connectivity index (χ0n) is 15.6. The van der Waals surface area contributed by atoms with Crippen molar-refractivity contribution in [2.75, 3.05) is 32.9 Å². The van der Waals surface area contributed by atoms with Gasteiger partial charge in [0.1, 0.15) is 0 Å². The van der Waals surface area contributed by atoms with Crippen LogP contribution >= 0.6 is 12.4 Å². The van der Waals surface area contributed by atoms with Gasteiger partial charge in [-0.3, -0.25) is 4.79 Å². The van der Waals surface area contributed by atoms with Crippen molar-refractivity contribution in [3.8, 4) is 0 Å². The smallest absolute Gasteiger partial charge is 0.242 e. The number of nitrogens with zero attached hydrogens (tertiary/aromatic N) is 1. The van der Waals surface area contributed by atoms with Crippen molar-refractivity contribution < 1.29 is 14.3 Å². The summed E-state index contributed by atoms with van der Waals surface area (Å²) in [5.41, 5.74) is 8.16. The minimum Gasteiger partial charge on any atom is -0.381 e. The Morgan fingerprint density at radius 3 is 2.54 bits per heavy atom. The first-order chi connectivity index (χ1) is 12.1. The number of aryl methyl sites for hydroxylation is 1. The summed E-state index contributed by atoms with van der Waals surface area (Å²) in [7, 11) is 0. The Bertz CT molecular complexity index is 567. The van der Waals surface area contributed by atoms with Crippen LogP contribution in [-0.2, 0) is 20.7 Å². The molecule has 26 heavy (non-hydrogen) atoms. The second kappa shape index (κ2) is 9.70. The number of halogens is 1. The average Bonchev–Trinajstić information content (AvgIpc) is 3.13. The van der Waals surface area contributed by atoms with Gasteiger partial charge in [-0.15, -0.1) is 12.4 Å². The Labute approximate surface area is 162 Å². The molecule has 0 aliphatic carbocycles. The van der Waals surface area contributed by atoms with Crippen molar-refractivity contribution in [3.63, 3.8) is 0 Å². The van der Waals surface area contributed by atoms with Gasteiger partial charge in [-0.05, 0) is 44.6 Å². The SMILES string of the molecule is Cc1ccc(CCN(CC2CCCO2)C(=O)C2(N)CCOCC2)cc1.Cl. The maximum atomic E-state index is 13.2. The van der Waals surface area contributed by atoms with Crippen LogP contribution in [0.1, 0.15) is 36.8 Å². The molecule has 1 aromatic rings. The molecule has 2 aliphatic rings. The van der Waals surface area contributed by atoms with Gasteiger partial charge in [-0.25, -0.2) is 0 Å². The number of ether oxygens (including phenoxy) is 2. The molecule has 1 unspecified atom stereocenters. The zero-order chi connectivity index (χ0) is 17.7. The molecule has 1 atom stereocenters. The van der Waals surface area contributed by atoms with Gasteiger partial charge in [0.2, 0.25) is 5.91 Å². The Kier molecular flexibility index (Phi) is 7.89. The zero-order valence-corrected chi connectivity index (χ0v) is 16.4. The van der Waals surface area contributed by atoms with Gasteiger partial charge in [-0.2, -0.15) is 0 Å². The lowest BCUT2D eigenvalue weighted by atomic mass is 9.89. The predicted octanol–water partition coefficient (Wildman–Crippen LogP) is 2.47. The number of rotatable bonds is 6. The van der Waals surface area contributed by atoms with Crippen LogP contribution in [0.3, 0.4) is 0 Å². The Hall–Kier alpha value is -1.14. The molecule has 2 aliphatic heterocycles. The summed E-state index contributed by atoms with van der Waals surface area (Å²) in [6, 6.07) is 8.50. The van der Waals surface area contributed by atoms with E-state index in [0.29, 0.717) is 39.1 Å². The summed E-state index contributed by atoms with van der Waals surface area (Å²) in [4.78, 5) is 15.1. The fourth-order valence-electron chi connectivity index (χ4n) is 3.59. The fourth-order valence-corrected chi connectivity index (χ4v) is 3.59. The number of carbonyl (C=O) groups is 1. The van der Waals surface area contributed by atoms with E-state index in [0.717, 1.165) is 25.9 Å². The van der Waals surface area contributed by atoms with E-state index < -0.39 is 5.54 Å². The van der Waals surface area contributed by atoms with E-state index in [4.69, 9.17) is 15.2 Å². The second-order valence-corrected chi connectivity index (χ2v) is 7.39. The largest absolute Gasteiger partial charge is 0.381 e. The Balaban J connectivity index is 0.00000243. The first-order valence-corrected chi connectivity index (χ1v) is 9.40. The van der Waals surface area contributed by atoms with E-state index in [1.807, 2.05) is 4.90 Å². The summed E-state index contributed by atoms with van der Waals surface area (Å²) < 4.78 is 11.2. The number of benzene rings is 1. The van der Waals surface area contributed by atoms with E-state index >= 15 is 0 Å². The Morgan fingerprint density at radius 1 is 1.23 bits per heavy atom. The molecule has 5 nitrogen and oxygen atoms in total. The van der Waals surface area contributed by atoms with Gasteiger partial charge < -0.3 is 20.1 Å². The van der Waals surface area contributed by atoms with Crippen LogP contribution in [0.2, 0.25) is 0 Å². The predicted molar refractivity (Wildman–Crippen MR) is 105 cm³/mol. The van der Waals surface area contributed by atoms with E-state index in [-0.39, 0.29) is 24.4 Å². The molecule has 1 aromatic carbocycles. The molecule has 2 N–H and O–H groups in total. The molecule has 2 fully saturated rings. The highest BCUT2D eigenvalue weighted by molar-refractivity contribution is 5.86.